The molecule has 0 saturated heterocycles. The van der Waals surface area contributed by atoms with Gasteiger partial charge in [0.15, 0.2) is 5.58 Å². The van der Waals surface area contributed by atoms with Crippen LogP contribution in [0.4, 0.5) is 4.39 Å². The van der Waals surface area contributed by atoms with E-state index in [0.29, 0.717) is 41.8 Å². The molecule has 2 atom stereocenters. The molecule has 2 N–H and O–H groups in total. The number of hydrogen-bond acceptors (Lipinski definition) is 4. The summed E-state index contributed by atoms with van der Waals surface area (Å²) in [7, 11) is 1.63. The summed E-state index contributed by atoms with van der Waals surface area (Å²) in [5.41, 5.74) is 7.09. The number of amides is 2. The zero-order chi connectivity index (χ0) is 19.8. The van der Waals surface area contributed by atoms with E-state index in [0.717, 1.165) is 0 Å². The lowest BCUT2D eigenvalue weighted by Gasteiger charge is -2.25. The zero-order valence-electron chi connectivity index (χ0n) is 15.4. The van der Waals surface area contributed by atoms with Crippen LogP contribution in [0.5, 0.6) is 0 Å². The van der Waals surface area contributed by atoms with Gasteiger partial charge in [0, 0.05) is 24.6 Å². The molecule has 1 heterocycles. The highest BCUT2D eigenvalue weighted by Gasteiger charge is 2.33. The van der Waals surface area contributed by atoms with Gasteiger partial charge in [0.1, 0.15) is 11.3 Å². The van der Waals surface area contributed by atoms with Gasteiger partial charge in [0.05, 0.1) is 5.56 Å². The van der Waals surface area contributed by atoms with Crippen LogP contribution >= 0.6 is 0 Å². The van der Waals surface area contributed by atoms with Gasteiger partial charge in [-0.3, -0.25) is 9.59 Å². The normalized spacial score (nSPS) is 19.1. The second-order valence-electron chi connectivity index (χ2n) is 7.16. The fourth-order valence-electron chi connectivity index (χ4n) is 3.74. The van der Waals surface area contributed by atoms with Crippen molar-refractivity contribution in [2.45, 2.75) is 25.3 Å². The summed E-state index contributed by atoms with van der Waals surface area (Å²) in [6.45, 7) is 0. The molecule has 1 saturated carbocycles. The lowest BCUT2D eigenvalue weighted by atomic mass is 10.1. The Morgan fingerprint density at radius 3 is 2.68 bits per heavy atom. The first-order chi connectivity index (χ1) is 13.4. The van der Waals surface area contributed by atoms with E-state index >= 15 is 0 Å². The molecule has 0 unspecified atom stereocenters. The number of nitrogens with two attached hydrogens (primary N) is 1. The van der Waals surface area contributed by atoms with Crippen molar-refractivity contribution < 1.29 is 18.4 Å². The molecule has 1 aliphatic rings. The number of carbonyl (C=O) groups excluding carboxylic acids is 2. The van der Waals surface area contributed by atoms with Gasteiger partial charge < -0.3 is 15.1 Å². The standard InChI is InChI=1S/C21H20FN3O3/c1-25(14-8-6-12(10-14)19(23)26)21(27)15-9-7-13(11-16(15)22)20-24-17-4-2-3-5-18(17)28-20/h2-5,7,9,11-12,14H,6,8,10H2,1H3,(H2,23,26)/t12-,14+/m0/s1. The molecule has 0 aliphatic heterocycles. The van der Waals surface area contributed by atoms with Gasteiger partial charge in [-0.2, -0.15) is 0 Å². The summed E-state index contributed by atoms with van der Waals surface area (Å²) >= 11 is 0. The quantitative estimate of drug-likeness (QED) is 0.750. The highest BCUT2D eigenvalue weighted by molar-refractivity contribution is 5.95. The highest BCUT2D eigenvalue weighted by atomic mass is 19.1. The Morgan fingerprint density at radius 1 is 1.21 bits per heavy atom. The molecular weight excluding hydrogens is 361 g/mol. The van der Waals surface area contributed by atoms with Gasteiger partial charge in [0.2, 0.25) is 11.8 Å². The molecule has 7 heteroatoms. The second kappa shape index (κ2) is 7.07. The SMILES string of the molecule is CN(C(=O)c1ccc(-c2nc3ccccc3o2)cc1F)[C@@H]1CC[C@H](C(N)=O)C1. The molecule has 3 aromatic rings. The van der Waals surface area contributed by atoms with E-state index in [-0.39, 0.29) is 23.4 Å². The molecule has 2 aromatic carbocycles. The average molecular weight is 381 g/mol. The van der Waals surface area contributed by atoms with Gasteiger partial charge in [-0.25, -0.2) is 9.37 Å². The van der Waals surface area contributed by atoms with Crippen LogP contribution in [0.25, 0.3) is 22.6 Å². The van der Waals surface area contributed by atoms with Gasteiger partial charge in [-0.15, -0.1) is 0 Å². The van der Waals surface area contributed by atoms with E-state index in [1.54, 1.807) is 19.2 Å². The first-order valence-electron chi connectivity index (χ1n) is 9.16. The largest absolute Gasteiger partial charge is 0.436 e. The fourth-order valence-corrected chi connectivity index (χ4v) is 3.74. The number of para-hydroxylation sites is 2. The number of nitrogens with zero attached hydrogens (tertiary/aromatic N) is 2. The maximum Gasteiger partial charge on any atom is 0.256 e. The lowest BCUT2D eigenvalue weighted by molar-refractivity contribution is -0.121. The van der Waals surface area contributed by atoms with E-state index < -0.39 is 11.7 Å². The molecule has 144 valence electrons. The van der Waals surface area contributed by atoms with Crippen molar-refractivity contribution in [3.63, 3.8) is 0 Å². The molecule has 1 aromatic heterocycles. The van der Waals surface area contributed by atoms with Crippen LogP contribution in [-0.4, -0.2) is 34.8 Å². The predicted octanol–water partition coefficient (Wildman–Crippen LogP) is 3.36. The summed E-state index contributed by atoms with van der Waals surface area (Å²) in [5.74, 6) is -1.34. The van der Waals surface area contributed by atoms with Crippen molar-refractivity contribution in [1.29, 1.82) is 0 Å². The summed E-state index contributed by atoms with van der Waals surface area (Å²) in [6.07, 6.45) is 1.84. The average Bonchev–Trinajstić information content (AvgIpc) is 3.34. The number of hydrogen-bond donors (Lipinski definition) is 1. The van der Waals surface area contributed by atoms with Crippen molar-refractivity contribution >= 4 is 22.9 Å². The van der Waals surface area contributed by atoms with Gasteiger partial charge in [-0.1, -0.05) is 12.1 Å². The lowest BCUT2D eigenvalue weighted by Crippen LogP contribution is -2.36. The third kappa shape index (κ3) is 3.24. The van der Waals surface area contributed by atoms with E-state index in [4.69, 9.17) is 10.2 Å². The zero-order valence-corrected chi connectivity index (χ0v) is 15.4. The van der Waals surface area contributed by atoms with Crippen LogP contribution in [0.3, 0.4) is 0 Å². The maximum absolute atomic E-state index is 14.7. The summed E-state index contributed by atoms with van der Waals surface area (Å²) in [6, 6.07) is 11.5. The van der Waals surface area contributed by atoms with Crippen molar-refractivity contribution in [1.82, 2.24) is 9.88 Å². The highest BCUT2D eigenvalue weighted by Crippen LogP contribution is 2.30. The molecule has 0 spiro atoms. The van der Waals surface area contributed by atoms with Crippen molar-refractivity contribution in [3.05, 3.63) is 53.8 Å². The minimum absolute atomic E-state index is 0.0233. The van der Waals surface area contributed by atoms with E-state index in [1.165, 1.54) is 17.0 Å². The van der Waals surface area contributed by atoms with Crippen molar-refractivity contribution in [2.24, 2.45) is 11.7 Å². The Kier molecular flexibility index (Phi) is 4.58. The van der Waals surface area contributed by atoms with E-state index in [1.807, 2.05) is 18.2 Å². The Hall–Kier alpha value is -3.22. The number of fused-ring (bicyclic) bond motifs is 1. The Labute approximate surface area is 161 Å². The van der Waals surface area contributed by atoms with Gasteiger partial charge >= 0.3 is 0 Å². The maximum atomic E-state index is 14.7. The molecule has 1 fully saturated rings. The summed E-state index contributed by atoms with van der Waals surface area (Å²) in [5, 5.41) is 0. The minimum Gasteiger partial charge on any atom is -0.436 e. The van der Waals surface area contributed by atoms with Crippen molar-refractivity contribution in [3.8, 4) is 11.5 Å². The van der Waals surface area contributed by atoms with Crippen LogP contribution in [0.2, 0.25) is 0 Å². The number of halogens is 1. The molecule has 1 aliphatic carbocycles. The molecule has 0 radical (unpaired) electrons. The van der Waals surface area contributed by atoms with Crippen LogP contribution in [-0.2, 0) is 4.79 Å². The Bertz CT molecular complexity index is 1030. The Morgan fingerprint density at radius 2 is 2.00 bits per heavy atom. The van der Waals surface area contributed by atoms with E-state index in [2.05, 4.69) is 4.98 Å². The number of rotatable bonds is 4. The fraction of sp³-hybridized carbons (Fsp3) is 0.286. The molecule has 0 bridgehead atoms. The Balaban J connectivity index is 1.55. The monoisotopic (exact) mass is 381 g/mol. The molecule has 28 heavy (non-hydrogen) atoms. The van der Waals surface area contributed by atoms with Gasteiger partial charge in [0.25, 0.3) is 5.91 Å². The van der Waals surface area contributed by atoms with Crippen LogP contribution in [0, 0.1) is 11.7 Å². The van der Waals surface area contributed by atoms with Crippen LogP contribution in [0.1, 0.15) is 29.6 Å². The summed E-state index contributed by atoms with van der Waals surface area (Å²) in [4.78, 5) is 29.9. The number of aromatic nitrogens is 1. The first-order valence-corrected chi connectivity index (χ1v) is 9.16. The number of primary amides is 1. The molecular formula is C21H20FN3O3. The van der Waals surface area contributed by atoms with Crippen LogP contribution < -0.4 is 5.73 Å². The summed E-state index contributed by atoms with van der Waals surface area (Å²) < 4.78 is 20.4. The topological polar surface area (TPSA) is 89.4 Å². The molecule has 6 nitrogen and oxygen atoms in total. The van der Waals surface area contributed by atoms with Crippen molar-refractivity contribution in [2.75, 3.05) is 7.05 Å². The third-order valence-corrected chi connectivity index (χ3v) is 5.42. The molecule has 2 amide bonds. The third-order valence-electron chi connectivity index (χ3n) is 5.42. The minimum atomic E-state index is -0.638. The second-order valence-corrected chi connectivity index (χ2v) is 7.16. The van der Waals surface area contributed by atoms with Gasteiger partial charge in [-0.05, 0) is 49.6 Å². The van der Waals surface area contributed by atoms with Crippen LogP contribution in [0.15, 0.2) is 46.9 Å². The first kappa shape index (κ1) is 18.2. The van der Waals surface area contributed by atoms with E-state index in [9.17, 15) is 14.0 Å². The smallest absolute Gasteiger partial charge is 0.256 e. The number of benzene rings is 2. The number of carbonyl (C=O) groups is 2. The molecule has 4 rings (SSSR count). The number of oxazole rings is 1. The predicted molar refractivity (Wildman–Crippen MR) is 102 cm³/mol.